The molecule has 0 radical (unpaired) electrons. The monoisotopic (exact) mass is 532 g/mol. The van der Waals surface area contributed by atoms with Crippen molar-refractivity contribution in [1.29, 1.82) is 0 Å². The number of fused-ring (bicyclic) bond motifs is 6. The molecule has 5 nitrogen and oxygen atoms in total. The Kier molecular flexibility index (Phi) is 5.92. The molecule has 1 amide bonds. The zero-order chi connectivity index (χ0) is 23.4. The number of anilines is 1. The summed E-state index contributed by atoms with van der Waals surface area (Å²) in [7, 11) is 0. The van der Waals surface area contributed by atoms with E-state index in [1.165, 1.54) is 30.6 Å². The Morgan fingerprint density at radius 2 is 1.85 bits per heavy atom. The Morgan fingerprint density at radius 1 is 1.09 bits per heavy atom. The van der Waals surface area contributed by atoms with Gasteiger partial charge >= 0.3 is 4.87 Å². The lowest BCUT2D eigenvalue weighted by molar-refractivity contribution is -0.118. The van der Waals surface area contributed by atoms with Crippen LogP contribution in [0.25, 0.3) is 0 Å². The minimum absolute atomic E-state index is 0.0262. The maximum atomic E-state index is 12.6. The van der Waals surface area contributed by atoms with Crippen LogP contribution in [-0.2, 0) is 4.79 Å². The molecule has 176 valence electrons. The number of nitrogens with one attached hydrogen (secondary N) is 2. The fraction of sp³-hybridized carbons (Fsp3) is 0.360. The number of aromatic nitrogens is 1. The minimum Gasteiger partial charge on any atom is -0.483 e. The zero-order valence-corrected chi connectivity index (χ0v) is 21.2. The predicted molar refractivity (Wildman–Crippen MR) is 138 cm³/mol. The fourth-order valence-corrected chi connectivity index (χ4v) is 9.16. The smallest absolute Gasteiger partial charge is 0.305 e. The maximum Gasteiger partial charge on any atom is 0.305 e. The van der Waals surface area contributed by atoms with Gasteiger partial charge in [-0.05, 0) is 79.5 Å². The van der Waals surface area contributed by atoms with Crippen LogP contribution in [0, 0.1) is 17.8 Å². The second-order valence-corrected chi connectivity index (χ2v) is 12.3. The molecular weight excluding hydrogens is 511 g/mol. The summed E-state index contributed by atoms with van der Waals surface area (Å²) in [6.07, 6.45) is 3.75. The third-order valence-corrected chi connectivity index (χ3v) is 10.4. The molecule has 2 heterocycles. The van der Waals surface area contributed by atoms with Crippen LogP contribution >= 0.6 is 46.3 Å². The number of halogens is 2. The maximum absolute atomic E-state index is 12.6. The number of hydrogen-bond donors (Lipinski definition) is 2. The van der Waals surface area contributed by atoms with Crippen molar-refractivity contribution in [3.63, 3.8) is 0 Å². The largest absolute Gasteiger partial charge is 0.483 e. The fourth-order valence-electron chi connectivity index (χ4n) is 5.96. The predicted octanol–water partition coefficient (Wildman–Crippen LogP) is 6.41. The van der Waals surface area contributed by atoms with Crippen LogP contribution in [0.5, 0.6) is 5.75 Å². The molecule has 2 aromatic carbocycles. The van der Waals surface area contributed by atoms with E-state index >= 15 is 0 Å². The Hall–Kier alpha value is -1.93. The van der Waals surface area contributed by atoms with Crippen molar-refractivity contribution in [2.75, 3.05) is 11.9 Å². The molecule has 2 N–H and O–H groups in total. The Labute approximate surface area is 215 Å². The molecule has 0 unspecified atom stereocenters. The van der Waals surface area contributed by atoms with Crippen LogP contribution in [0.4, 0.5) is 5.69 Å². The molecule has 0 saturated heterocycles. The third-order valence-electron chi connectivity index (χ3n) is 7.26. The number of H-pyrrole nitrogens is 1. The van der Waals surface area contributed by atoms with E-state index in [9.17, 15) is 9.59 Å². The summed E-state index contributed by atoms with van der Waals surface area (Å²) in [6.45, 7) is -0.130. The molecular formula is C25H22Cl2N2O3S2. The normalized spacial score (nSPS) is 26.7. The Morgan fingerprint density at radius 3 is 2.68 bits per heavy atom. The van der Waals surface area contributed by atoms with E-state index < -0.39 is 0 Å². The summed E-state index contributed by atoms with van der Waals surface area (Å²) in [5.74, 6) is 2.18. The number of rotatable bonds is 5. The standard InChI is InChI=1S/C25H22Cl2N2O3S2/c26-14-3-6-16(7-4-14)28-19(30)11-32-18-8-5-15(27)10-17(18)21-20-12-1-2-13(9-12)22(20)33-24-23(21)34-25(31)29-24/h3-8,10,12-13,20-22H,1-2,9,11H2,(H,28,30)(H,29,31)/t12-,13-,20-,21+,22-/m1/s1. The van der Waals surface area contributed by atoms with Crippen molar-refractivity contribution < 1.29 is 9.53 Å². The van der Waals surface area contributed by atoms with E-state index in [0.717, 1.165) is 15.5 Å². The number of thiazole rings is 1. The van der Waals surface area contributed by atoms with Gasteiger partial charge in [0.1, 0.15) is 5.75 Å². The molecule has 1 aliphatic heterocycles. The van der Waals surface area contributed by atoms with E-state index in [2.05, 4.69) is 10.3 Å². The molecule has 2 bridgehead atoms. The molecule has 1 aromatic heterocycles. The first-order valence-corrected chi connectivity index (χ1v) is 13.8. The summed E-state index contributed by atoms with van der Waals surface area (Å²) in [6, 6.07) is 12.5. The Bertz CT molecular complexity index is 1310. The number of aromatic amines is 1. The van der Waals surface area contributed by atoms with Crippen LogP contribution in [0.3, 0.4) is 0 Å². The van der Waals surface area contributed by atoms with E-state index in [-0.39, 0.29) is 23.3 Å². The first kappa shape index (κ1) is 22.5. The van der Waals surface area contributed by atoms with Crippen molar-refractivity contribution in [1.82, 2.24) is 4.98 Å². The van der Waals surface area contributed by atoms with Gasteiger partial charge in [0.15, 0.2) is 6.61 Å². The summed E-state index contributed by atoms with van der Waals surface area (Å²) in [5, 5.41) is 5.53. The molecule has 9 heteroatoms. The molecule has 2 saturated carbocycles. The van der Waals surface area contributed by atoms with Crippen LogP contribution in [0.2, 0.25) is 10.0 Å². The minimum atomic E-state index is -0.257. The molecule has 2 fully saturated rings. The molecule has 3 aliphatic rings. The van der Waals surface area contributed by atoms with Gasteiger partial charge in [-0.15, -0.1) is 11.8 Å². The second-order valence-electron chi connectivity index (χ2n) is 9.20. The molecule has 34 heavy (non-hydrogen) atoms. The Balaban J connectivity index is 1.30. The molecule has 3 aromatic rings. The number of hydrogen-bond acceptors (Lipinski definition) is 5. The van der Waals surface area contributed by atoms with Gasteiger partial charge in [0.25, 0.3) is 5.91 Å². The lowest BCUT2D eigenvalue weighted by Gasteiger charge is -2.40. The van der Waals surface area contributed by atoms with Crippen molar-refractivity contribution in [3.05, 3.63) is 72.6 Å². The lowest BCUT2D eigenvalue weighted by atomic mass is 9.74. The quantitative estimate of drug-likeness (QED) is 0.398. The van der Waals surface area contributed by atoms with Gasteiger partial charge in [0.05, 0.1) is 5.03 Å². The number of carbonyl (C=O) groups excluding carboxylic acids is 1. The molecule has 2 aliphatic carbocycles. The van der Waals surface area contributed by atoms with Crippen LogP contribution in [-0.4, -0.2) is 22.7 Å². The van der Waals surface area contributed by atoms with Crippen molar-refractivity contribution in [3.8, 4) is 5.75 Å². The van der Waals surface area contributed by atoms with Gasteiger partial charge < -0.3 is 15.0 Å². The van der Waals surface area contributed by atoms with Gasteiger partial charge in [0, 0.05) is 37.3 Å². The van der Waals surface area contributed by atoms with E-state index in [0.29, 0.717) is 44.5 Å². The summed E-state index contributed by atoms with van der Waals surface area (Å²) in [5.41, 5.74) is 1.62. The highest BCUT2D eigenvalue weighted by molar-refractivity contribution is 8.00. The number of amides is 1. The second kappa shape index (κ2) is 8.94. The summed E-state index contributed by atoms with van der Waals surface area (Å²) >= 11 is 15.5. The van der Waals surface area contributed by atoms with E-state index in [4.69, 9.17) is 27.9 Å². The topological polar surface area (TPSA) is 71.2 Å². The van der Waals surface area contributed by atoms with Crippen LogP contribution in [0.1, 0.15) is 35.6 Å². The average Bonchev–Trinajstić information content (AvgIpc) is 3.52. The van der Waals surface area contributed by atoms with Gasteiger partial charge in [-0.1, -0.05) is 34.5 Å². The van der Waals surface area contributed by atoms with Crippen molar-refractivity contribution in [2.45, 2.75) is 35.5 Å². The number of benzene rings is 2. The van der Waals surface area contributed by atoms with Gasteiger partial charge in [-0.25, -0.2) is 0 Å². The number of ether oxygens (including phenoxy) is 1. The van der Waals surface area contributed by atoms with Gasteiger partial charge in [-0.3, -0.25) is 9.59 Å². The molecule has 5 atom stereocenters. The molecule has 6 rings (SSSR count). The van der Waals surface area contributed by atoms with E-state index in [1.807, 2.05) is 23.9 Å². The first-order chi connectivity index (χ1) is 16.5. The average molecular weight is 534 g/mol. The highest BCUT2D eigenvalue weighted by atomic mass is 35.5. The summed E-state index contributed by atoms with van der Waals surface area (Å²) < 4.78 is 6.07. The SMILES string of the molecule is O=C(COc1ccc(Cl)cc1[C@@H]1c2sc(=O)[nH]c2S[C@@H]2[C@@H]3CC[C@H](C3)[C@H]12)Nc1ccc(Cl)cc1. The lowest BCUT2D eigenvalue weighted by Crippen LogP contribution is -2.34. The van der Waals surface area contributed by atoms with Crippen molar-refractivity contribution >= 4 is 57.9 Å². The van der Waals surface area contributed by atoms with Crippen LogP contribution < -0.4 is 14.9 Å². The van der Waals surface area contributed by atoms with Gasteiger partial charge in [0.2, 0.25) is 0 Å². The van der Waals surface area contributed by atoms with E-state index in [1.54, 1.807) is 30.3 Å². The third kappa shape index (κ3) is 4.06. The molecule has 0 spiro atoms. The number of thioether (sulfide) groups is 1. The van der Waals surface area contributed by atoms with Crippen molar-refractivity contribution in [2.24, 2.45) is 17.8 Å². The van der Waals surface area contributed by atoms with Crippen LogP contribution in [0.15, 0.2) is 52.3 Å². The first-order valence-electron chi connectivity index (χ1n) is 11.3. The zero-order valence-electron chi connectivity index (χ0n) is 18.1. The van der Waals surface area contributed by atoms with Gasteiger partial charge in [-0.2, -0.15) is 0 Å². The highest BCUT2D eigenvalue weighted by Gasteiger charge is 2.55. The number of carbonyl (C=O) groups is 1. The summed E-state index contributed by atoms with van der Waals surface area (Å²) in [4.78, 5) is 29.0. The highest BCUT2D eigenvalue weighted by Crippen LogP contribution is 2.64.